The van der Waals surface area contributed by atoms with E-state index in [1.54, 1.807) is 0 Å². The standard InChI is InChI=1S/C32H29Br2N3O2/c1-18-7-9-19(10-8-18)26-27-24(16-32(2,3)17-25(27)38)37(23-13-11-21(33)12-14-23)30-28(26)31(39)36-29(35-30)20-5-4-6-22(34)15-20/h4-15,26,29,35H,16-17H2,1-3H3,(H,36,39). The molecule has 0 saturated heterocycles. The first kappa shape index (κ1) is 26.1. The van der Waals surface area contributed by atoms with Crippen molar-refractivity contribution in [2.75, 3.05) is 4.90 Å². The Morgan fingerprint density at radius 2 is 1.54 bits per heavy atom. The molecule has 7 heteroatoms. The van der Waals surface area contributed by atoms with Crippen LogP contribution in [-0.2, 0) is 9.59 Å². The molecule has 6 rings (SSSR count). The highest BCUT2D eigenvalue weighted by Crippen LogP contribution is 2.51. The molecule has 39 heavy (non-hydrogen) atoms. The largest absolute Gasteiger partial charge is 0.347 e. The SMILES string of the molecule is Cc1ccc(C2C3=C(CC(C)(C)CC3=O)N(c3ccc(Br)cc3)C3=C2C(=O)NC(c2cccc(Br)c2)N3)cc1. The number of allylic oxidation sites excluding steroid dienone is 2. The van der Waals surface area contributed by atoms with Gasteiger partial charge in [-0.25, -0.2) is 0 Å². The van der Waals surface area contributed by atoms with Gasteiger partial charge in [-0.2, -0.15) is 0 Å². The Morgan fingerprint density at radius 1 is 0.821 bits per heavy atom. The lowest BCUT2D eigenvalue weighted by atomic mass is 9.68. The molecule has 0 aromatic heterocycles. The third kappa shape index (κ3) is 4.76. The maximum atomic E-state index is 14.1. The Labute approximate surface area is 245 Å². The van der Waals surface area contributed by atoms with E-state index in [0.717, 1.165) is 48.4 Å². The van der Waals surface area contributed by atoms with E-state index in [9.17, 15) is 9.59 Å². The fourth-order valence-corrected chi connectivity index (χ4v) is 6.63. The van der Waals surface area contributed by atoms with Crippen LogP contribution in [0.3, 0.4) is 0 Å². The number of anilines is 1. The van der Waals surface area contributed by atoms with Crippen molar-refractivity contribution in [3.05, 3.63) is 121 Å². The first-order valence-corrected chi connectivity index (χ1v) is 14.7. The summed E-state index contributed by atoms with van der Waals surface area (Å²) in [5.41, 5.74) is 5.96. The van der Waals surface area contributed by atoms with Gasteiger partial charge < -0.3 is 10.6 Å². The van der Waals surface area contributed by atoms with Crippen LogP contribution < -0.4 is 15.5 Å². The zero-order valence-corrected chi connectivity index (χ0v) is 25.2. The number of hydrogen-bond donors (Lipinski definition) is 2. The molecule has 0 spiro atoms. The van der Waals surface area contributed by atoms with Gasteiger partial charge in [0.1, 0.15) is 12.0 Å². The summed E-state index contributed by atoms with van der Waals surface area (Å²) in [6.07, 6.45) is 0.731. The maximum absolute atomic E-state index is 14.1. The van der Waals surface area contributed by atoms with Crippen LogP contribution in [0.2, 0.25) is 0 Å². The summed E-state index contributed by atoms with van der Waals surface area (Å²) in [6, 6.07) is 24.2. The summed E-state index contributed by atoms with van der Waals surface area (Å²) in [4.78, 5) is 30.2. The molecular weight excluding hydrogens is 618 g/mol. The van der Waals surface area contributed by atoms with Crippen LogP contribution in [0.15, 0.2) is 104 Å². The number of benzene rings is 3. The lowest BCUT2D eigenvalue weighted by Crippen LogP contribution is -2.53. The molecule has 198 valence electrons. The van der Waals surface area contributed by atoms with Gasteiger partial charge in [-0.15, -0.1) is 0 Å². The number of Topliss-reactive ketones (excluding diaryl/α,β-unsaturated/α-hetero) is 1. The monoisotopic (exact) mass is 645 g/mol. The molecule has 3 aromatic rings. The number of nitrogens with zero attached hydrogens (tertiary/aromatic N) is 1. The van der Waals surface area contributed by atoms with E-state index in [-0.39, 0.29) is 17.1 Å². The Bertz CT molecular complexity index is 1550. The number of carbonyl (C=O) groups excluding carboxylic acids is 2. The van der Waals surface area contributed by atoms with Crippen molar-refractivity contribution in [2.24, 2.45) is 5.41 Å². The van der Waals surface area contributed by atoms with Gasteiger partial charge in [-0.05, 0) is 66.3 Å². The normalized spacial score (nSPS) is 22.2. The van der Waals surface area contributed by atoms with E-state index < -0.39 is 12.1 Å². The van der Waals surface area contributed by atoms with E-state index in [4.69, 9.17) is 0 Å². The van der Waals surface area contributed by atoms with E-state index in [2.05, 4.69) is 61.2 Å². The zero-order chi connectivity index (χ0) is 27.5. The van der Waals surface area contributed by atoms with Crippen LogP contribution in [0.5, 0.6) is 0 Å². The lowest BCUT2D eigenvalue weighted by Gasteiger charge is -2.48. The molecule has 1 amide bonds. The quantitative estimate of drug-likeness (QED) is 0.311. The van der Waals surface area contributed by atoms with Crippen LogP contribution >= 0.6 is 31.9 Å². The molecule has 2 unspecified atom stereocenters. The van der Waals surface area contributed by atoms with Gasteiger partial charge in [0.05, 0.1) is 5.57 Å². The van der Waals surface area contributed by atoms with Crippen molar-refractivity contribution in [3.63, 3.8) is 0 Å². The minimum absolute atomic E-state index is 0.0994. The van der Waals surface area contributed by atoms with E-state index in [1.807, 2.05) is 79.7 Å². The van der Waals surface area contributed by atoms with Crippen LogP contribution in [0, 0.1) is 12.3 Å². The molecule has 1 aliphatic carbocycles. The average Bonchev–Trinajstić information content (AvgIpc) is 2.88. The molecule has 5 nitrogen and oxygen atoms in total. The highest BCUT2D eigenvalue weighted by Gasteiger charge is 2.48. The van der Waals surface area contributed by atoms with Crippen molar-refractivity contribution in [2.45, 2.75) is 45.7 Å². The van der Waals surface area contributed by atoms with Crippen LogP contribution in [0.1, 0.15) is 55.5 Å². The molecule has 0 bridgehead atoms. The number of aryl methyl sites for hydroxylation is 1. The average molecular weight is 647 g/mol. The number of ketones is 1. The predicted molar refractivity (Wildman–Crippen MR) is 161 cm³/mol. The van der Waals surface area contributed by atoms with E-state index in [0.29, 0.717) is 18.4 Å². The number of rotatable bonds is 3. The highest BCUT2D eigenvalue weighted by molar-refractivity contribution is 9.10. The topological polar surface area (TPSA) is 61.4 Å². The molecule has 3 aliphatic rings. The smallest absolute Gasteiger partial charge is 0.253 e. The van der Waals surface area contributed by atoms with Gasteiger partial charge >= 0.3 is 0 Å². The number of carbonyl (C=O) groups is 2. The molecular formula is C32H29Br2N3O2. The molecule has 0 saturated carbocycles. The summed E-state index contributed by atoms with van der Waals surface area (Å²) in [5, 5.41) is 6.86. The van der Waals surface area contributed by atoms with Crippen molar-refractivity contribution in [1.29, 1.82) is 0 Å². The summed E-state index contributed by atoms with van der Waals surface area (Å²) < 4.78 is 1.90. The van der Waals surface area contributed by atoms with Crippen LogP contribution in [-0.4, -0.2) is 11.7 Å². The fraction of sp³-hybridized carbons (Fsp3) is 0.250. The second kappa shape index (κ2) is 9.79. The maximum Gasteiger partial charge on any atom is 0.253 e. The Kier molecular flexibility index (Phi) is 6.55. The minimum Gasteiger partial charge on any atom is -0.347 e. The van der Waals surface area contributed by atoms with Gasteiger partial charge in [-0.3, -0.25) is 14.5 Å². The van der Waals surface area contributed by atoms with Gasteiger partial charge in [0, 0.05) is 38.2 Å². The van der Waals surface area contributed by atoms with Crippen molar-refractivity contribution in [3.8, 4) is 0 Å². The first-order valence-electron chi connectivity index (χ1n) is 13.1. The predicted octanol–water partition coefficient (Wildman–Crippen LogP) is 7.40. The van der Waals surface area contributed by atoms with Gasteiger partial charge in [0.25, 0.3) is 5.91 Å². The summed E-state index contributed by atoms with van der Waals surface area (Å²) in [7, 11) is 0. The Morgan fingerprint density at radius 3 is 2.23 bits per heavy atom. The number of nitrogens with one attached hydrogen (secondary N) is 2. The second-order valence-corrected chi connectivity index (χ2v) is 13.2. The fourth-order valence-electron chi connectivity index (χ4n) is 5.95. The summed E-state index contributed by atoms with van der Waals surface area (Å²) in [6.45, 7) is 6.33. The van der Waals surface area contributed by atoms with E-state index >= 15 is 0 Å². The molecule has 2 atom stereocenters. The number of hydrogen-bond acceptors (Lipinski definition) is 4. The highest BCUT2D eigenvalue weighted by atomic mass is 79.9. The van der Waals surface area contributed by atoms with Crippen LogP contribution in [0.4, 0.5) is 5.69 Å². The molecule has 0 radical (unpaired) electrons. The summed E-state index contributed by atoms with van der Waals surface area (Å²) >= 11 is 7.12. The third-order valence-electron chi connectivity index (χ3n) is 7.70. The minimum atomic E-state index is -0.457. The summed E-state index contributed by atoms with van der Waals surface area (Å²) in [5.74, 6) is 0.190. The van der Waals surface area contributed by atoms with Crippen molar-refractivity contribution >= 4 is 49.2 Å². The Balaban J connectivity index is 1.61. The second-order valence-electron chi connectivity index (χ2n) is 11.3. The van der Waals surface area contributed by atoms with Gasteiger partial charge in [0.15, 0.2) is 5.78 Å². The Hall–Kier alpha value is -3.16. The molecule has 2 aliphatic heterocycles. The first-order chi connectivity index (χ1) is 18.6. The molecule has 0 fully saturated rings. The lowest BCUT2D eigenvalue weighted by molar-refractivity contribution is -0.119. The molecule has 2 heterocycles. The third-order valence-corrected chi connectivity index (χ3v) is 8.72. The zero-order valence-electron chi connectivity index (χ0n) is 22.0. The van der Waals surface area contributed by atoms with Gasteiger partial charge in [0.2, 0.25) is 0 Å². The molecule has 2 N–H and O–H groups in total. The number of amides is 1. The van der Waals surface area contributed by atoms with Crippen LogP contribution in [0.25, 0.3) is 0 Å². The number of halogens is 2. The van der Waals surface area contributed by atoms with Crippen molar-refractivity contribution < 1.29 is 9.59 Å². The van der Waals surface area contributed by atoms with Gasteiger partial charge in [-0.1, -0.05) is 87.7 Å². The van der Waals surface area contributed by atoms with E-state index in [1.165, 1.54) is 0 Å². The molecule has 3 aromatic carbocycles. The van der Waals surface area contributed by atoms with Crippen molar-refractivity contribution in [1.82, 2.24) is 10.6 Å².